The summed E-state index contributed by atoms with van der Waals surface area (Å²) in [5.74, 6) is 0. The fourth-order valence-electron chi connectivity index (χ4n) is 8.17. The molecular weight excluding hydrogens is 601 g/mol. The molecule has 0 aliphatic rings. The SMILES string of the molecule is c1cc(-c2ccc3cccc(-c4cccc5ccccc45)c3c2)cc(-c2c3ccccc3c(-c3cccc4ccccc34)c3ccccc23)c1. The van der Waals surface area contributed by atoms with Gasteiger partial charge in [-0.15, -0.1) is 0 Å². The van der Waals surface area contributed by atoms with Gasteiger partial charge in [-0.3, -0.25) is 0 Å². The molecule has 0 atom stereocenters. The summed E-state index contributed by atoms with van der Waals surface area (Å²) in [6, 6.07) is 71.3. The van der Waals surface area contributed by atoms with Crippen molar-refractivity contribution in [2.45, 2.75) is 0 Å². The zero-order valence-electron chi connectivity index (χ0n) is 27.5. The van der Waals surface area contributed by atoms with Crippen molar-refractivity contribution in [1.29, 1.82) is 0 Å². The van der Waals surface area contributed by atoms with Crippen molar-refractivity contribution in [2.24, 2.45) is 0 Å². The van der Waals surface area contributed by atoms with Crippen LogP contribution in [0, 0.1) is 0 Å². The van der Waals surface area contributed by atoms with E-state index in [9.17, 15) is 0 Å². The van der Waals surface area contributed by atoms with Crippen LogP contribution in [-0.2, 0) is 0 Å². The van der Waals surface area contributed by atoms with Gasteiger partial charge >= 0.3 is 0 Å². The minimum Gasteiger partial charge on any atom is -0.0616 e. The van der Waals surface area contributed by atoms with Crippen molar-refractivity contribution in [3.05, 3.63) is 194 Å². The van der Waals surface area contributed by atoms with Gasteiger partial charge in [0, 0.05) is 0 Å². The molecule has 0 heterocycles. The van der Waals surface area contributed by atoms with E-state index >= 15 is 0 Å². The maximum atomic E-state index is 2.38. The van der Waals surface area contributed by atoms with Crippen LogP contribution in [0.3, 0.4) is 0 Å². The maximum Gasteiger partial charge on any atom is -0.00201 e. The van der Waals surface area contributed by atoms with Gasteiger partial charge in [0.15, 0.2) is 0 Å². The Morgan fingerprint density at radius 3 is 1.22 bits per heavy atom. The number of hydrogen-bond donors (Lipinski definition) is 0. The van der Waals surface area contributed by atoms with Gasteiger partial charge in [0.05, 0.1) is 0 Å². The van der Waals surface area contributed by atoms with Gasteiger partial charge in [-0.05, 0) is 111 Å². The molecule has 0 aliphatic heterocycles. The summed E-state index contributed by atoms with van der Waals surface area (Å²) in [5.41, 5.74) is 10.0. The van der Waals surface area contributed by atoms with E-state index < -0.39 is 0 Å². The van der Waals surface area contributed by atoms with E-state index in [-0.39, 0.29) is 0 Å². The molecule has 0 saturated heterocycles. The van der Waals surface area contributed by atoms with E-state index in [1.807, 2.05) is 0 Å². The predicted octanol–water partition coefficient (Wildman–Crippen LogP) is 14.1. The Kier molecular flexibility index (Phi) is 6.60. The normalized spacial score (nSPS) is 11.6. The quantitative estimate of drug-likeness (QED) is 0.169. The second-order valence-electron chi connectivity index (χ2n) is 13.2. The summed E-state index contributed by atoms with van der Waals surface area (Å²) in [5, 5.41) is 12.7. The first kappa shape index (κ1) is 28.5. The molecule has 0 heteroatoms. The molecule has 0 saturated carbocycles. The first-order chi connectivity index (χ1) is 24.8. The van der Waals surface area contributed by atoms with Crippen LogP contribution in [-0.4, -0.2) is 0 Å². The Morgan fingerprint density at radius 1 is 0.200 bits per heavy atom. The minimum atomic E-state index is 1.21. The van der Waals surface area contributed by atoms with Gasteiger partial charge in [0.1, 0.15) is 0 Å². The summed E-state index contributed by atoms with van der Waals surface area (Å²) in [6.07, 6.45) is 0. The average molecular weight is 633 g/mol. The highest BCUT2D eigenvalue weighted by Crippen LogP contribution is 2.46. The van der Waals surface area contributed by atoms with Crippen LogP contribution >= 0.6 is 0 Å². The highest BCUT2D eigenvalue weighted by Gasteiger charge is 2.18. The summed E-state index contributed by atoms with van der Waals surface area (Å²) in [7, 11) is 0. The lowest BCUT2D eigenvalue weighted by atomic mass is 9.84. The molecule has 50 heavy (non-hydrogen) atoms. The van der Waals surface area contributed by atoms with Crippen molar-refractivity contribution < 1.29 is 0 Å². The molecule has 0 aliphatic carbocycles. The summed E-state index contributed by atoms with van der Waals surface area (Å²) >= 11 is 0. The molecule has 10 aromatic rings. The molecule has 0 unspecified atom stereocenters. The number of hydrogen-bond acceptors (Lipinski definition) is 0. The highest BCUT2D eigenvalue weighted by atomic mass is 14.2. The molecule has 0 radical (unpaired) electrons. The topological polar surface area (TPSA) is 0 Å². The Hall–Kier alpha value is -6.50. The van der Waals surface area contributed by atoms with Crippen LogP contribution in [0.15, 0.2) is 194 Å². The Balaban J connectivity index is 1.18. The fraction of sp³-hybridized carbons (Fsp3) is 0. The molecule has 0 bridgehead atoms. The van der Waals surface area contributed by atoms with Crippen molar-refractivity contribution in [3.8, 4) is 44.5 Å². The summed E-state index contributed by atoms with van der Waals surface area (Å²) in [4.78, 5) is 0. The third kappa shape index (κ3) is 4.54. The molecule has 0 N–H and O–H groups in total. The van der Waals surface area contributed by atoms with E-state index in [1.54, 1.807) is 0 Å². The zero-order valence-corrected chi connectivity index (χ0v) is 27.5. The van der Waals surface area contributed by atoms with Crippen LogP contribution < -0.4 is 0 Å². The fourth-order valence-corrected chi connectivity index (χ4v) is 8.17. The third-order valence-electron chi connectivity index (χ3n) is 10.4. The van der Waals surface area contributed by atoms with Crippen LogP contribution in [0.5, 0.6) is 0 Å². The minimum absolute atomic E-state index is 1.21. The van der Waals surface area contributed by atoms with Gasteiger partial charge in [-0.2, -0.15) is 0 Å². The van der Waals surface area contributed by atoms with Gasteiger partial charge in [-0.1, -0.05) is 182 Å². The first-order valence-corrected chi connectivity index (χ1v) is 17.4. The number of rotatable bonds is 4. The van der Waals surface area contributed by atoms with E-state index in [0.717, 1.165) is 0 Å². The molecule has 10 rings (SSSR count). The lowest BCUT2D eigenvalue weighted by molar-refractivity contribution is 1.62. The molecular formula is C50H32. The lowest BCUT2D eigenvalue weighted by Crippen LogP contribution is -1.92. The third-order valence-corrected chi connectivity index (χ3v) is 10.4. The standard InChI is InChI=1S/C50H32/c1-3-20-39-33(13-1)15-10-26-41(39)42-27-11-17-35-29-30-37(32-48(35)42)36-18-9-19-38(31-36)49-44-22-5-7-24-46(44)50(47-25-8-6-23-45(47)49)43-28-12-16-34-14-2-4-21-40(34)43/h1-32H. The molecule has 0 aromatic heterocycles. The average Bonchev–Trinajstić information content (AvgIpc) is 3.19. The van der Waals surface area contributed by atoms with Crippen molar-refractivity contribution in [1.82, 2.24) is 0 Å². The summed E-state index contributed by atoms with van der Waals surface area (Å²) < 4.78 is 0. The van der Waals surface area contributed by atoms with Crippen molar-refractivity contribution in [3.63, 3.8) is 0 Å². The van der Waals surface area contributed by atoms with Crippen LogP contribution in [0.4, 0.5) is 0 Å². The summed E-state index contributed by atoms with van der Waals surface area (Å²) in [6.45, 7) is 0. The molecule has 10 aromatic carbocycles. The Bertz CT molecular complexity index is 2860. The Morgan fingerprint density at radius 2 is 0.600 bits per heavy atom. The van der Waals surface area contributed by atoms with Gasteiger partial charge in [-0.25, -0.2) is 0 Å². The molecule has 0 nitrogen and oxygen atoms in total. The van der Waals surface area contributed by atoms with Crippen LogP contribution in [0.1, 0.15) is 0 Å². The molecule has 0 amide bonds. The highest BCUT2D eigenvalue weighted by molar-refractivity contribution is 6.23. The number of benzene rings is 10. The monoisotopic (exact) mass is 632 g/mol. The number of fused-ring (bicyclic) bond motifs is 5. The largest absolute Gasteiger partial charge is 0.0616 e. The van der Waals surface area contributed by atoms with Gasteiger partial charge in [0.25, 0.3) is 0 Å². The maximum absolute atomic E-state index is 2.38. The molecule has 0 spiro atoms. The van der Waals surface area contributed by atoms with Gasteiger partial charge < -0.3 is 0 Å². The zero-order chi connectivity index (χ0) is 33.0. The lowest BCUT2D eigenvalue weighted by Gasteiger charge is -2.19. The smallest absolute Gasteiger partial charge is 0.00201 e. The second kappa shape index (κ2) is 11.6. The predicted molar refractivity (Wildman–Crippen MR) is 216 cm³/mol. The van der Waals surface area contributed by atoms with E-state index in [4.69, 9.17) is 0 Å². The van der Waals surface area contributed by atoms with Crippen LogP contribution in [0.25, 0.3) is 98.4 Å². The van der Waals surface area contributed by atoms with Crippen LogP contribution in [0.2, 0.25) is 0 Å². The van der Waals surface area contributed by atoms with E-state index in [0.29, 0.717) is 0 Å². The second-order valence-corrected chi connectivity index (χ2v) is 13.2. The molecule has 232 valence electrons. The Labute approximate surface area is 291 Å². The van der Waals surface area contributed by atoms with Gasteiger partial charge in [0.2, 0.25) is 0 Å². The van der Waals surface area contributed by atoms with Crippen molar-refractivity contribution >= 4 is 53.9 Å². The molecule has 0 fully saturated rings. The van der Waals surface area contributed by atoms with Crippen molar-refractivity contribution in [2.75, 3.05) is 0 Å². The van der Waals surface area contributed by atoms with E-state index in [1.165, 1.54) is 98.4 Å². The van der Waals surface area contributed by atoms with E-state index in [2.05, 4.69) is 194 Å². The first-order valence-electron chi connectivity index (χ1n) is 17.4.